The fraction of sp³-hybridized carbons (Fsp3) is 0.357. The minimum absolute atomic E-state index is 0.734. The molecule has 1 rings (SSSR count). The van der Waals surface area contributed by atoms with Gasteiger partial charge >= 0.3 is 5.97 Å². The first kappa shape index (κ1) is 13.3. The van der Waals surface area contributed by atoms with E-state index in [0.717, 1.165) is 30.4 Å². The highest BCUT2D eigenvalue weighted by Gasteiger charge is 1.94. The van der Waals surface area contributed by atoms with Crippen LogP contribution in [0.3, 0.4) is 0 Å². The number of carboxylic acid groups (broad SMARTS) is 1. The molecule has 0 fully saturated rings. The Bertz CT molecular complexity index is 366. The van der Waals surface area contributed by atoms with Gasteiger partial charge in [0.2, 0.25) is 0 Å². The van der Waals surface area contributed by atoms with Gasteiger partial charge in [0.1, 0.15) is 5.75 Å². The Labute approximate surface area is 102 Å². The topological polar surface area (TPSA) is 46.5 Å². The van der Waals surface area contributed by atoms with Crippen LogP contribution in [0.4, 0.5) is 0 Å². The fourth-order valence-electron chi connectivity index (χ4n) is 1.38. The molecule has 0 aliphatic carbocycles. The summed E-state index contributed by atoms with van der Waals surface area (Å²) in [5.41, 5.74) is 0.855. The third-order valence-electron chi connectivity index (χ3n) is 2.32. The van der Waals surface area contributed by atoms with Gasteiger partial charge in [0.15, 0.2) is 0 Å². The lowest BCUT2D eigenvalue weighted by molar-refractivity contribution is -0.131. The standard InChI is InChI=1S/C14H18O3/c1-2-3-4-11-17-13-8-5-12(6-9-13)7-10-14(15)16/h5-10H,2-4,11H2,1H3,(H,15,16)/b10-7+. The van der Waals surface area contributed by atoms with E-state index in [1.165, 1.54) is 12.8 Å². The highest BCUT2D eigenvalue weighted by molar-refractivity contribution is 5.85. The summed E-state index contributed by atoms with van der Waals surface area (Å²) in [6, 6.07) is 7.39. The van der Waals surface area contributed by atoms with Crippen molar-refractivity contribution < 1.29 is 14.6 Å². The normalized spacial score (nSPS) is 10.6. The van der Waals surface area contributed by atoms with E-state index in [1.807, 2.05) is 24.3 Å². The Morgan fingerprint density at radius 1 is 1.29 bits per heavy atom. The van der Waals surface area contributed by atoms with Gasteiger partial charge in [0, 0.05) is 6.08 Å². The van der Waals surface area contributed by atoms with Crippen molar-refractivity contribution in [3.63, 3.8) is 0 Å². The van der Waals surface area contributed by atoms with Crippen molar-refractivity contribution in [3.05, 3.63) is 35.9 Å². The molecule has 0 aromatic heterocycles. The van der Waals surface area contributed by atoms with Crippen LogP contribution in [-0.2, 0) is 4.79 Å². The number of hydrogen-bond donors (Lipinski definition) is 1. The minimum atomic E-state index is -0.940. The van der Waals surface area contributed by atoms with Crippen LogP contribution >= 0.6 is 0 Å². The first-order valence-corrected chi connectivity index (χ1v) is 5.86. The molecule has 0 amide bonds. The maximum atomic E-state index is 10.3. The highest BCUT2D eigenvalue weighted by Crippen LogP contribution is 2.13. The molecule has 0 radical (unpaired) electrons. The predicted octanol–water partition coefficient (Wildman–Crippen LogP) is 3.35. The first-order valence-electron chi connectivity index (χ1n) is 5.86. The first-order chi connectivity index (χ1) is 8.22. The molecule has 0 aliphatic rings. The van der Waals surface area contributed by atoms with Gasteiger partial charge in [0.05, 0.1) is 6.61 Å². The Kier molecular flexibility index (Phi) is 5.86. The van der Waals surface area contributed by atoms with E-state index < -0.39 is 5.97 Å². The molecular formula is C14H18O3. The molecule has 3 nitrogen and oxygen atoms in total. The summed E-state index contributed by atoms with van der Waals surface area (Å²) in [6.07, 6.45) is 6.11. The lowest BCUT2D eigenvalue weighted by atomic mass is 10.2. The number of carbonyl (C=O) groups is 1. The zero-order valence-corrected chi connectivity index (χ0v) is 10.1. The molecule has 3 heteroatoms. The molecule has 92 valence electrons. The summed E-state index contributed by atoms with van der Waals surface area (Å²) in [5.74, 6) is -0.113. The predicted molar refractivity (Wildman–Crippen MR) is 68.1 cm³/mol. The number of aliphatic carboxylic acids is 1. The molecule has 1 aromatic carbocycles. The molecule has 1 aromatic rings. The third kappa shape index (κ3) is 5.76. The van der Waals surface area contributed by atoms with Gasteiger partial charge in [-0.3, -0.25) is 0 Å². The van der Waals surface area contributed by atoms with Gasteiger partial charge in [0.25, 0.3) is 0 Å². The number of rotatable bonds is 7. The van der Waals surface area contributed by atoms with Crippen molar-refractivity contribution >= 4 is 12.0 Å². The SMILES string of the molecule is CCCCCOc1ccc(/C=C/C(=O)O)cc1. The quantitative estimate of drug-likeness (QED) is 0.581. The van der Waals surface area contributed by atoms with E-state index in [2.05, 4.69) is 6.92 Å². The van der Waals surface area contributed by atoms with E-state index in [-0.39, 0.29) is 0 Å². The summed E-state index contributed by atoms with van der Waals surface area (Å²) < 4.78 is 5.55. The number of ether oxygens (including phenoxy) is 1. The van der Waals surface area contributed by atoms with Gasteiger partial charge < -0.3 is 9.84 Å². The summed E-state index contributed by atoms with van der Waals surface area (Å²) in [5, 5.41) is 8.48. The Balaban J connectivity index is 2.42. The van der Waals surface area contributed by atoms with Crippen LogP contribution in [0.25, 0.3) is 6.08 Å². The molecule has 0 unspecified atom stereocenters. The number of unbranched alkanes of at least 4 members (excludes halogenated alkanes) is 2. The highest BCUT2D eigenvalue weighted by atomic mass is 16.5. The summed E-state index contributed by atoms with van der Waals surface area (Å²) >= 11 is 0. The van der Waals surface area contributed by atoms with Crippen LogP contribution in [0.1, 0.15) is 31.7 Å². The maximum Gasteiger partial charge on any atom is 0.328 e. The molecule has 17 heavy (non-hydrogen) atoms. The lowest BCUT2D eigenvalue weighted by Crippen LogP contribution is -1.96. The van der Waals surface area contributed by atoms with Gasteiger partial charge in [-0.25, -0.2) is 4.79 Å². The molecule has 0 spiro atoms. The van der Waals surface area contributed by atoms with Crippen molar-refractivity contribution in [1.29, 1.82) is 0 Å². The van der Waals surface area contributed by atoms with Crippen molar-refractivity contribution in [2.24, 2.45) is 0 Å². The Hall–Kier alpha value is -1.77. The van der Waals surface area contributed by atoms with E-state index in [4.69, 9.17) is 9.84 Å². The van der Waals surface area contributed by atoms with Gasteiger partial charge in [-0.2, -0.15) is 0 Å². The van der Waals surface area contributed by atoms with E-state index >= 15 is 0 Å². The molecule has 1 N–H and O–H groups in total. The third-order valence-corrected chi connectivity index (χ3v) is 2.32. The van der Waals surface area contributed by atoms with Crippen LogP contribution in [0.5, 0.6) is 5.75 Å². The van der Waals surface area contributed by atoms with E-state index in [9.17, 15) is 4.79 Å². The second-order valence-electron chi connectivity index (χ2n) is 3.80. The fourth-order valence-corrected chi connectivity index (χ4v) is 1.38. The van der Waals surface area contributed by atoms with Gasteiger partial charge in [-0.05, 0) is 30.2 Å². The zero-order chi connectivity index (χ0) is 12.5. The van der Waals surface area contributed by atoms with E-state index in [1.54, 1.807) is 6.08 Å². The van der Waals surface area contributed by atoms with E-state index in [0.29, 0.717) is 0 Å². The van der Waals surface area contributed by atoms with Crippen LogP contribution in [-0.4, -0.2) is 17.7 Å². The monoisotopic (exact) mass is 234 g/mol. The maximum absolute atomic E-state index is 10.3. The second-order valence-corrected chi connectivity index (χ2v) is 3.80. The number of benzene rings is 1. The van der Waals surface area contributed by atoms with Crippen LogP contribution in [0.2, 0.25) is 0 Å². The molecule has 0 heterocycles. The number of hydrogen-bond acceptors (Lipinski definition) is 2. The van der Waals surface area contributed by atoms with Crippen LogP contribution in [0.15, 0.2) is 30.3 Å². The molecule has 0 bridgehead atoms. The van der Waals surface area contributed by atoms with Crippen molar-refractivity contribution in [1.82, 2.24) is 0 Å². The van der Waals surface area contributed by atoms with Crippen molar-refractivity contribution in [3.8, 4) is 5.75 Å². The molecular weight excluding hydrogens is 216 g/mol. The van der Waals surface area contributed by atoms with Crippen LogP contribution in [0, 0.1) is 0 Å². The van der Waals surface area contributed by atoms with Gasteiger partial charge in [-0.1, -0.05) is 31.9 Å². The second kappa shape index (κ2) is 7.49. The largest absolute Gasteiger partial charge is 0.494 e. The zero-order valence-electron chi connectivity index (χ0n) is 10.1. The minimum Gasteiger partial charge on any atom is -0.494 e. The Morgan fingerprint density at radius 3 is 2.59 bits per heavy atom. The molecule has 0 atom stereocenters. The average Bonchev–Trinajstić information content (AvgIpc) is 2.33. The molecule has 0 aliphatic heterocycles. The van der Waals surface area contributed by atoms with Crippen LogP contribution < -0.4 is 4.74 Å². The molecule has 0 saturated heterocycles. The Morgan fingerprint density at radius 2 is 2.00 bits per heavy atom. The lowest BCUT2D eigenvalue weighted by Gasteiger charge is -2.05. The van der Waals surface area contributed by atoms with Gasteiger partial charge in [-0.15, -0.1) is 0 Å². The summed E-state index contributed by atoms with van der Waals surface area (Å²) in [6.45, 7) is 2.89. The molecule has 0 saturated carbocycles. The summed E-state index contributed by atoms with van der Waals surface area (Å²) in [7, 11) is 0. The van der Waals surface area contributed by atoms with Crippen molar-refractivity contribution in [2.75, 3.05) is 6.61 Å². The van der Waals surface area contributed by atoms with Crippen molar-refractivity contribution in [2.45, 2.75) is 26.2 Å². The smallest absolute Gasteiger partial charge is 0.328 e. The number of carboxylic acids is 1. The average molecular weight is 234 g/mol. The summed E-state index contributed by atoms with van der Waals surface area (Å²) in [4.78, 5) is 10.3.